The van der Waals surface area contributed by atoms with Crippen LogP contribution in [0.25, 0.3) is 0 Å². The summed E-state index contributed by atoms with van der Waals surface area (Å²) in [5, 5.41) is 7.64. The Kier molecular flexibility index (Phi) is 11.1. The fourth-order valence-electron chi connectivity index (χ4n) is 4.72. The van der Waals surface area contributed by atoms with Crippen molar-refractivity contribution in [2.24, 2.45) is 11.8 Å². The quantitative estimate of drug-likeness (QED) is 0.401. The van der Waals surface area contributed by atoms with Gasteiger partial charge in [-0.3, -0.25) is 9.63 Å². The van der Waals surface area contributed by atoms with Gasteiger partial charge in [-0.05, 0) is 44.2 Å². The topological polar surface area (TPSA) is 106 Å². The largest absolute Gasteiger partial charge is 0.467 e. The van der Waals surface area contributed by atoms with E-state index in [0.29, 0.717) is 19.4 Å². The number of benzene rings is 2. The van der Waals surface area contributed by atoms with Crippen molar-refractivity contribution < 1.29 is 28.7 Å². The van der Waals surface area contributed by atoms with E-state index in [-0.39, 0.29) is 18.4 Å². The Balaban J connectivity index is 1.92. The van der Waals surface area contributed by atoms with Gasteiger partial charge in [0.1, 0.15) is 17.7 Å². The molecule has 0 spiro atoms. The molecule has 0 saturated carbocycles. The van der Waals surface area contributed by atoms with Crippen LogP contribution in [0.15, 0.2) is 60.7 Å². The molecule has 2 amide bonds. The molecular weight excluding hydrogens is 510 g/mol. The number of nitrogens with one attached hydrogen (secondary N) is 2. The first-order valence-electron chi connectivity index (χ1n) is 13.9. The van der Waals surface area contributed by atoms with Crippen molar-refractivity contribution in [2.75, 3.05) is 13.7 Å². The van der Waals surface area contributed by atoms with Crippen LogP contribution in [0.2, 0.25) is 0 Å². The Morgan fingerprint density at radius 2 is 1.60 bits per heavy atom. The second kappa shape index (κ2) is 14.3. The van der Waals surface area contributed by atoms with Gasteiger partial charge < -0.3 is 20.1 Å². The zero-order valence-electron chi connectivity index (χ0n) is 24.4. The third-order valence-corrected chi connectivity index (χ3v) is 6.97. The van der Waals surface area contributed by atoms with Gasteiger partial charge >= 0.3 is 12.1 Å². The fraction of sp³-hybridized carbons (Fsp3) is 0.516. The van der Waals surface area contributed by atoms with Crippen LogP contribution in [0.3, 0.4) is 0 Å². The highest BCUT2D eigenvalue weighted by Crippen LogP contribution is 2.28. The summed E-state index contributed by atoms with van der Waals surface area (Å²) in [6, 6.07) is 18.1. The van der Waals surface area contributed by atoms with E-state index in [1.165, 1.54) is 7.11 Å². The first-order chi connectivity index (χ1) is 19.0. The van der Waals surface area contributed by atoms with Gasteiger partial charge in [0.25, 0.3) is 0 Å². The maximum atomic E-state index is 13.8. The second-order valence-corrected chi connectivity index (χ2v) is 11.3. The average molecular weight is 554 g/mol. The van der Waals surface area contributed by atoms with E-state index < -0.39 is 41.8 Å². The minimum atomic E-state index is -0.794. The number of rotatable bonds is 11. The van der Waals surface area contributed by atoms with Gasteiger partial charge in [0.15, 0.2) is 0 Å². The van der Waals surface area contributed by atoms with Gasteiger partial charge in [0, 0.05) is 13.1 Å². The summed E-state index contributed by atoms with van der Waals surface area (Å²) in [5.41, 5.74) is 1.30. The number of nitrogens with zero attached hydrogens (tertiary/aromatic N) is 1. The molecule has 2 N–H and O–H groups in total. The lowest BCUT2D eigenvalue weighted by molar-refractivity contribution is -0.163. The molecule has 5 atom stereocenters. The van der Waals surface area contributed by atoms with Crippen LogP contribution in [0, 0.1) is 11.8 Å². The van der Waals surface area contributed by atoms with Crippen LogP contribution in [-0.2, 0) is 36.9 Å². The lowest BCUT2D eigenvalue weighted by atomic mass is 9.90. The number of carbonyl (C=O) groups is 3. The molecule has 3 rings (SSSR count). The third kappa shape index (κ3) is 9.06. The Bertz CT molecular complexity index is 1110. The molecule has 218 valence electrons. The number of ether oxygens (including phenoxy) is 2. The van der Waals surface area contributed by atoms with Crippen LogP contribution < -0.4 is 10.6 Å². The molecule has 1 heterocycles. The fourth-order valence-corrected chi connectivity index (χ4v) is 4.72. The number of carbonyl (C=O) groups excluding carboxylic acids is 3. The van der Waals surface area contributed by atoms with E-state index >= 15 is 0 Å². The van der Waals surface area contributed by atoms with Crippen LogP contribution in [0.5, 0.6) is 0 Å². The molecule has 4 unspecified atom stereocenters. The van der Waals surface area contributed by atoms with Gasteiger partial charge in [0.2, 0.25) is 5.91 Å². The third-order valence-electron chi connectivity index (χ3n) is 6.97. The molecule has 9 nitrogen and oxygen atoms in total. The number of hydrogen-bond donors (Lipinski definition) is 2. The van der Waals surface area contributed by atoms with Crippen molar-refractivity contribution in [1.82, 2.24) is 15.7 Å². The summed E-state index contributed by atoms with van der Waals surface area (Å²) in [6.45, 7) is 9.98. The number of hydrogen-bond acceptors (Lipinski definition) is 7. The van der Waals surface area contributed by atoms with E-state index in [9.17, 15) is 14.4 Å². The number of alkyl carbamates (subject to hydrolysis) is 1. The minimum absolute atomic E-state index is 0.127. The summed E-state index contributed by atoms with van der Waals surface area (Å²) in [4.78, 5) is 45.7. The lowest BCUT2D eigenvalue weighted by Gasteiger charge is -2.30. The van der Waals surface area contributed by atoms with Gasteiger partial charge in [-0.25, -0.2) is 9.59 Å². The molecule has 0 radical (unpaired) electrons. The van der Waals surface area contributed by atoms with Gasteiger partial charge in [0.05, 0.1) is 19.1 Å². The van der Waals surface area contributed by atoms with Crippen molar-refractivity contribution in [3.63, 3.8) is 0 Å². The van der Waals surface area contributed by atoms with Gasteiger partial charge in [-0.2, -0.15) is 5.06 Å². The molecule has 0 aliphatic carbocycles. The maximum absolute atomic E-state index is 13.8. The highest BCUT2D eigenvalue weighted by molar-refractivity contribution is 5.86. The lowest BCUT2D eigenvalue weighted by Crippen LogP contribution is -2.54. The van der Waals surface area contributed by atoms with E-state index in [4.69, 9.17) is 14.3 Å². The van der Waals surface area contributed by atoms with Gasteiger partial charge in [-0.15, -0.1) is 0 Å². The highest BCUT2D eigenvalue weighted by Gasteiger charge is 2.45. The first-order valence-corrected chi connectivity index (χ1v) is 13.9. The summed E-state index contributed by atoms with van der Waals surface area (Å²) in [5.74, 6) is -1.63. The van der Waals surface area contributed by atoms with E-state index in [1.54, 1.807) is 25.8 Å². The number of methoxy groups -OCH3 is 1. The standard InChI is InChI=1S/C31H43N3O6/c1-7-21(2)26(29(36)38-6)33-28(35)24-20-34(19-23-16-12-9-13-17-23)40-27(24)25(18-22-14-10-8-11-15-22)32-30(37)39-31(3,4)5/h8-17,21,24-27H,7,18-20H2,1-6H3,(H,32,37)(H,33,35)/t21?,24?,25?,26-,27?/m0/s1. The van der Waals surface area contributed by atoms with Crippen molar-refractivity contribution in [3.05, 3.63) is 71.8 Å². The molecule has 1 aliphatic heterocycles. The first kappa shape index (κ1) is 31.1. The molecule has 2 aromatic carbocycles. The minimum Gasteiger partial charge on any atom is -0.467 e. The Hall–Kier alpha value is -3.43. The number of hydroxylamine groups is 2. The number of esters is 1. The molecule has 0 bridgehead atoms. The van der Waals surface area contributed by atoms with E-state index in [1.807, 2.05) is 74.5 Å². The zero-order chi connectivity index (χ0) is 29.3. The molecule has 1 saturated heterocycles. The van der Waals surface area contributed by atoms with Crippen LogP contribution in [-0.4, -0.2) is 60.5 Å². The summed E-state index contributed by atoms with van der Waals surface area (Å²) >= 11 is 0. The SMILES string of the molecule is CCC(C)[C@H](NC(=O)C1CN(Cc2ccccc2)OC1C(Cc1ccccc1)NC(=O)OC(C)(C)C)C(=O)OC. The Morgan fingerprint density at radius 1 is 1.00 bits per heavy atom. The predicted molar refractivity (Wildman–Crippen MR) is 152 cm³/mol. The number of amides is 2. The molecule has 1 aliphatic rings. The van der Waals surface area contributed by atoms with Crippen molar-refractivity contribution >= 4 is 18.0 Å². The summed E-state index contributed by atoms with van der Waals surface area (Å²) < 4.78 is 10.5. The van der Waals surface area contributed by atoms with E-state index in [0.717, 1.165) is 11.1 Å². The monoisotopic (exact) mass is 553 g/mol. The maximum Gasteiger partial charge on any atom is 0.407 e. The molecule has 1 fully saturated rings. The smallest absolute Gasteiger partial charge is 0.407 e. The second-order valence-electron chi connectivity index (χ2n) is 11.3. The van der Waals surface area contributed by atoms with Crippen molar-refractivity contribution in [1.29, 1.82) is 0 Å². The van der Waals surface area contributed by atoms with Crippen LogP contribution >= 0.6 is 0 Å². The average Bonchev–Trinajstić information content (AvgIpc) is 3.34. The summed E-state index contributed by atoms with van der Waals surface area (Å²) in [7, 11) is 1.31. The van der Waals surface area contributed by atoms with E-state index in [2.05, 4.69) is 10.6 Å². The van der Waals surface area contributed by atoms with Crippen molar-refractivity contribution in [3.8, 4) is 0 Å². The molecular formula is C31H43N3O6. The van der Waals surface area contributed by atoms with Crippen LogP contribution in [0.1, 0.15) is 52.2 Å². The molecule has 40 heavy (non-hydrogen) atoms. The van der Waals surface area contributed by atoms with Crippen molar-refractivity contribution in [2.45, 2.75) is 77.8 Å². The normalized spacial score (nSPS) is 19.8. The highest BCUT2D eigenvalue weighted by atomic mass is 16.7. The van der Waals surface area contributed by atoms with Crippen LogP contribution in [0.4, 0.5) is 4.79 Å². The predicted octanol–water partition coefficient (Wildman–Crippen LogP) is 4.26. The summed E-state index contributed by atoms with van der Waals surface area (Å²) in [6.07, 6.45) is -0.211. The molecule has 2 aromatic rings. The molecule has 0 aromatic heterocycles. The van der Waals surface area contributed by atoms with Gasteiger partial charge in [-0.1, -0.05) is 80.9 Å². The zero-order valence-corrected chi connectivity index (χ0v) is 24.4. The molecule has 9 heteroatoms. The Morgan fingerprint density at radius 3 is 2.15 bits per heavy atom. The Labute approximate surface area is 237 Å².